The molecule has 1 N–H and O–H groups in total. The molecule has 0 bridgehead atoms. The average Bonchev–Trinajstić information content (AvgIpc) is 2.46. The Bertz CT molecular complexity index is 694. The number of rotatable bonds is 2. The molecule has 0 saturated heterocycles. The van der Waals surface area contributed by atoms with Gasteiger partial charge >= 0.3 is 0 Å². The van der Waals surface area contributed by atoms with E-state index in [-0.39, 0.29) is 11.2 Å². The second kappa shape index (κ2) is 5.98. The third kappa shape index (κ3) is 3.11. The van der Waals surface area contributed by atoms with Gasteiger partial charge in [-0.1, -0.05) is 71.4 Å². The highest BCUT2D eigenvalue weighted by Gasteiger charge is 2.53. The molecule has 130 valence electrons. The summed E-state index contributed by atoms with van der Waals surface area (Å²) in [6, 6.07) is 8.13. The van der Waals surface area contributed by atoms with Gasteiger partial charge in [0.2, 0.25) is 0 Å². The maximum atomic E-state index is 13.2. The molecule has 3 nitrogen and oxygen atoms in total. The summed E-state index contributed by atoms with van der Waals surface area (Å²) >= 11 is 0. The van der Waals surface area contributed by atoms with Crippen molar-refractivity contribution < 1.29 is 14.9 Å². The molecule has 0 amide bonds. The van der Waals surface area contributed by atoms with Crippen molar-refractivity contribution in [1.82, 2.24) is 0 Å². The molecule has 2 rings (SSSR count). The van der Waals surface area contributed by atoms with E-state index in [1.807, 2.05) is 78.8 Å². The monoisotopic (exact) mass is 328 g/mol. The number of Topliss-reactive ketones (excluding diaryl/α,β-unsaturated/α-hetero) is 1. The first-order valence-corrected chi connectivity index (χ1v) is 8.32. The number of hydrogen-bond donors (Lipinski definition) is 1. The van der Waals surface area contributed by atoms with E-state index in [0.717, 1.165) is 11.1 Å². The number of benzene rings is 1. The number of ketones is 1. The lowest BCUT2D eigenvalue weighted by atomic mass is 9.64. The predicted octanol–water partition coefficient (Wildman–Crippen LogP) is 5.21. The van der Waals surface area contributed by atoms with Gasteiger partial charge in [-0.3, -0.25) is 10.1 Å². The van der Waals surface area contributed by atoms with Gasteiger partial charge < -0.3 is 0 Å². The van der Waals surface area contributed by atoms with Crippen LogP contribution >= 0.6 is 0 Å². The zero-order chi connectivity index (χ0) is 18.3. The topological polar surface area (TPSA) is 46.5 Å². The van der Waals surface area contributed by atoms with E-state index in [2.05, 4.69) is 0 Å². The van der Waals surface area contributed by atoms with E-state index >= 15 is 0 Å². The fraction of sp³-hybridized carbons (Fsp3) is 0.476. The predicted molar refractivity (Wildman–Crippen MR) is 97.6 cm³/mol. The van der Waals surface area contributed by atoms with Crippen molar-refractivity contribution in [3.63, 3.8) is 0 Å². The minimum absolute atomic E-state index is 0.180. The van der Waals surface area contributed by atoms with Crippen molar-refractivity contribution in [2.75, 3.05) is 0 Å². The van der Waals surface area contributed by atoms with Crippen LogP contribution in [0.1, 0.15) is 52.7 Å². The van der Waals surface area contributed by atoms with E-state index in [1.54, 1.807) is 6.08 Å². The van der Waals surface area contributed by atoms with Gasteiger partial charge in [0.15, 0.2) is 11.4 Å². The molecule has 24 heavy (non-hydrogen) atoms. The van der Waals surface area contributed by atoms with E-state index in [1.165, 1.54) is 5.56 Å². The molecule has 0 spiro atoms. The molecule has 0 aromatic heterocycles. The van der Waals surface area contributed by atoms with Crippen LogP contribution in [0, 0.1) is 17.8 Å². The maximum Gasteiger partial charge on any atom is 0.199 e. The van der Waals surface area contributed by atoms with Gasteiger partial charge in [-0.05, 0) is 35.6 Å². The van der Waals surface area contributed by atoms with Crippen LogP contribution in [0.4, 0.5) is 0 Å². The highest BCUT2D eigenvalue weighted by atomic mass is 17.1. The van der Waals surface area contributed by atoms with Gasteiger partial charge in [-0.15, -0.1) is 0 Å². The number of hydrogen-bond acceptors (Lipinski definition) is 3. The standard InChI is InChI=1S/C21H28O3/c1-14-8-10-15(11-9-14)16-12-17(19(2,3)4)18(22)21(13-16,24-23)20(5,6)7/h8-13,23H,1-7H3. The Morgan fingerprint density at radius 2 is 1.54 bits per heavy atom. The summed E-state index contributed by atoms with van der Waals surface area (Å²) in [5.41, 5.74) is 1.38. The third-order valence-corrected chi connectivity index (χ3v) is 4.69. The number of carbonyl (C=O) groups is 1. The summed E-state index contributed by atoms with van der Waals surface area (Å²) in [4.78, 5) is 18.1. The molecule has 1 unspecified atom stereocenters. The molecule has 1 aliphatic carbocycles. The Morgan fingerprint density at radius 1 is 1.00 bits per heavy atom. The van der Waals surface area contributed by atoms with Crippen LogP contribution in [-0.4, -0.2) is 16.6 Å². The fourth-order valence-corrected chi connectivity index (χ4v) is 2.98. The van der Waals surface area contributed by atoms with Gasteiger partial charge in [0, 0.05) is 11.0 Å². The van der Waals surface area contributed by atoms with Crippen molar-refractivity contribution in [1.29, 1.82) is 0 Å². The summed E-state index contributed by atoms with van der Waals surface area (Å²) < 4.78 is 0. The molecule has 3 heteroatoms. The lowest BCUT2D eigenvalue weighted by Gasteiger charge is -2.43. The quantitative estimate of drug-likeness (QED) is 0.599. The fourth-order valence-electron chi connectivity index (χ4n) is 2.98. The van der Waals surface area contributed by atoms with Crippen LogP contribution in [-0.2, 0) is 9.68 Å². The third-order valence-electron chi connectivity index (χ3n) is 4.69. The zero-order valence-corrected chi connectivity index (χ0v) is 15.7. The minimum atomic E-state index is -1.40. The van der Waals surface area contributed by atoms with Crippen LogP contribution < -0.4 is 0 Å². The number of carbonyl (C=O) groups excluding carboxylic acids is 1. The molecular weight excluding hydrogens is 300 g/mol. The van der Waals surface area contributed by atoms with Crippen molar-refractivity contribution in [3.05, 3.63) is 53.1 Å². The van der Waals surface area contributed by atoms with Gasteiger partial charge in [-0.2, -0.15) is 0 Å². The molecule has 0 aliphatic heterocycles. The van der Waals surface area contributed by atoms with E-state index in [9.17, 15) is 10.1 Å². The molecule has 1 aliphatic rings. The van der Waals surface area contributed by atoms with Gasteiger partial charge in [0.05, 0.1) is 0 Å². The average molecular weight is 328 g/mol. The van der Waals surface area contributed by atoms with E-state index in [0.29, 0.717) is 5.57 Å². The normalized spacial score (nSPS) is 22.2. The Hall–Kier alpha value is -1.71. The zero-order valence-electron chi connectivity index (χ0n) is 15.7. The van der Waals surface area contributed by atoms with E-state index in [4.69, 9.17) is 4.89 Å². The SMILES string of the molecule is Cc1ccc(C2=CC(OO)(C(C)(C)C)C(=O)C(C(C)(C)C)=C2)cc1. The maximum absolute atomic E-state index is 13.2. The highest BCUT2D eigenvalue weighted by Crippen LogP contribution is 2.46. The van der Waals surface area contributed by atoms with Gasteiger partial charge in [0.1, 0.15) is 0 Å². The van der Waals surface area contributed by atoms with Crippen LogP contribution in [0.2, 0.25) is 0 Å². The molecule has 0 fully saturated rings. The van der Waals surface area contributed by atoms with Gasteiger partial charge in [0.25, 0.3) is 0 Å². The molecular formula is C21H28O3. The van der Waals surface area contributed by atoms with Crippen LogP contribution in [0.15, 0.2) is 42.0 Å². The first-order valence-electron chi connectivity index (χ1n) is 8.32. The number of allylic oxidation sites excluding steroid dienone is 2. The van der Waals surface area contributed by atoms with Gasteiger partial charge in [-0.25, -0.2) is 4.89 Å². The highest BCUT2D eigenvalue weighted by molar-refractivity contribution is 6.10. The molecule has 1 aromatic rings. The number of aryl methyl sites for hydroxylation is 1. The summed E-state index contributed by atoms with van der Waals surface area (Å²) in [7, 11) is 0. The lowest BCUT2D eigenvalue weighted by Crippen LogP contribution is -2.53. The first-order chi connectivity index (χ1) is 10.9. The van der Waals surface area contributed by atoms with Crippen LogP contribution in [0.3, 0.4) is 0 Å². The van der Waals surface area contributed by atoms with Crippen LogP contribution in [0.5, 0.6) is 0 Å². The molecule has 0 heterocycles. The Balaban J connectivity index is 2.73. The van der Waals surface area contributed by atoms with E-state index < -0.39 is 11.0 Å². The van der Waals surface area contributed by atoms with Crippen molar-refractivity contribution >= 4 is 11.4 Å². The molecule has 0 saturated carbocycles. The van der Waals surface area contributed by atoms with Crippen molar-refractivity contribution in [3.8, 4) is 0 Å². The lowest BCUT2D eigenvalue weighted by molar-refractivity contribution is -0.318. The summed E-state index contributed by atoms with van der Waals surface area (Å²) in [5.74, 6) is -0.180. The Morgan fingerprint density at radius 3 is 1.96 bits per heavy atom. The molecule has 0 radical (unpaired) electrons. The Kier molecular flexibility index (Phi) is 4.64. The molecule has 1 atom stereocenters. The summed E-state index contributed by atoms with van der Waals surface area (Å²) in [6.45, 7) is 13.7. The molecule has 1 aromatic carbocycles. The van der Waals surface area contributed by atoms with Crippen molar-refractivity contribution in [2.24, 2.45) is 10.8 Å². The van der Waals surface area contributed by atoms with Crippen LogP contribution in [0.25, 0.3) is 5.57 Å². The largest absolute Gasteiger partial charge is 0.291 e. The summed E-state index contributed by atoms with van der Waals surface area (Å²) in [6.07, 6.45) is 3.69. The first kappa shape index (κ1) is 18.6. The second-order valence-corrected chi connectivity index (χ2v) is 8.68. The minimum Gasteiger partial charge on any atom is -0.291 e. The second-order valence-electron chi connectivity index (χ2n) is 8.68. The summed E-state index contributed by atoms with van der Waals surface area (Å²) in [5, 5.41) is 9.75. The smallest absolute Gasteiger partial charge is 0.199 e. The van der Waals surface area contributed by atoms with Crippen molar-refractivity contribution in [2.45, 2.75) is 54.1 Å². The Labute approximate surface area is 145 Å².